The smallest absolute Gasteiger partial charge is 0.451 e. The minimum atomic E-state index is -6.43. The van der Waals surface area contributed by atoms with E-state index < -0.39 is 44.7 Å². The van der Waals surface area contributed by atoms with Crippen LogP contribution in [0.25, 0.3) is 0 Å². The molecular formula is C15H22F4O6S. The van der Waals surface area contributed by atoms with Gasteiger partial charge in [0.2, 0.25) is 0 Å². The van der Waals surface area contributed by atoms with Crippen LogP contribution in [0.4, 0.5) is 17.6 Å². The lowest BCUT2D eigenvalue weighted by atomic mass is 9.54. The number of hydrogen-bond acceptors (Lipinski definition) is 5. The van der Waals surface area contributed by atoms with Crippen LogP contribution in [-0.4, -0.2) is 48.4 Å². The standard InChI is InChI=1S/C15H22F4O6S/c1-12(5-10-3-2-4-13(6-10,7-12)8-20)9-25-11(21)14(16,15(17,18)19)26(22,23)24/h10,20H,2-9H2,1H3,(H,22,23,24). The van der Waals surface area contributed by atoms with Gasteiger partial charge in [-0.25, -0.2) is 9.18 Å². The highest BCUT2D eigenvalue weighted by molar-refractivity contribution is 7.88. The van der Waals surface area contributed by atoms with Crippen LogP contribution in [0.3, 0.4) is 0 Å². The van der Waals surface area contributed by atoms with Crippen molar-refractivity contribution in [1.82, 2.24) is 0 Å². The molecule has 26 heavy (non-hydrogen) atoms. The van der Waals surface area contributed by atoms with E-state index in [1.807, 2.05) is 0 Å². The third kappa shape index (κ3) is 3.70. The van der Waals surface area contributed by atoms with Crippen molar-refractivity contribution < 1.29 is 45.2 Å². The van der Waals surface area contributed by atoms with Gasteiger partial charge in [0.1, 0.15) is 0 Å². The first-order valence-corrected chi connectivity index (χ1v) is 9.63. The number of carbonyl (C=O) groups is 1. The number of carbonyl (C=O) groups excluding carboxylic acids is 1. The van der Waals surface area contributed by atoms with Crippen molar-refractivity contribution in [2.45, 2.75) is 56.6 Å². The summed E-state index contributed by atoms with van der Waals surface area (Å²) >= 11 is 0. The summed E-state index contributed by atoms with van der Waals surface area (Å²) in [4.78, 5) is 11.6. The number of ether oxygens (including phenoxy) is 1. The summed E-state index contributed by atoms with van der Waals surface area (Å²) in [5, 5.41) is 4.18. The van der Waals surface area contributed by atoms with Gasteiger partial charge in [-0.2, -0.15) is 21.6 Å². The van der Waals surface area contributed by atoms with Crippen molar-refractivity contribution in [1.29, 1.82) is 0 Å². The number of alkyl halides is 4. The van der Waals surface area contributed by atoms with Gasteiger partial charge < -0.3 is 9.84 Å². The summed E-state index contributed by atoms with van der Waals surface area (Å²) in [5.41, 5.74) is -1.25. The van der Waals surface area contributed by atoms with Gasteiger partial charge in [0.25, 0.3) is 0 Å². The Balaban J connectivity index is 2.17. The Morgan fingerprint density at radius 1 is 1.27 bits per heavy atom. The molecule has 0 heterocycles. The van der Waals surface area contributed by atoms with Crippen LogP contribution in [0.2, 0.25) is 0 Å². The van der Waals surface area contributed by atoms with Crippen LogP contribution in [0, 0.1) is 16.7 Å². The van der Waals surface area contributed by atoms with E-state index in [0.717, 1.165) is 25.7 Å². The maximum absolute atomic E-state index is 14.0. The van der Waals surface area contributed by atoms with Gasteiger partial charge in [0.05, 0.1) is 6.61 Å². The Bertz CT molecular complexity index is 666. The molecule has 2 fully saturated rings. The lowest BCUT2D eigenvalue weighted by Crippen LogP contribution is -2.55. The van der Waals surface area contributed by atoms with Crippen LogP contribution in [0.5, 0.6) is 0 Å². The average Bonchev–Trinajstić information content (AvgIpc) is 2.49. The Kier molecular flexibility index (Phi) is 5.41. The van der Waals surface area contributed by atoms with Gasteiger partial charge in [-0.3, -0.25) is 4.55 Å². The highest BCUT2D eigenvalue weighted by atomic mass is 32.2. The van der Waals surface area contributed by atoms with Crippen molar-refractivity contribution in [3.63, 3.8) is 0 Å². The SMILES string of the molecule is CC1(COC(=O)C(F)(C(F)(F)F)S(=O)(=O)O)CC2CCCC(CO)(C2)C1. The Hall–Kier alpha value is -0.940. The molecule has 6 nitrogen and oxygen atoms in total. The van der Waals surface area contributed by atoms with E-state index in [2.05, 4.69) is 4.74 Å². The zero-order valence-electron chi connectivity index (χ0n) is 14.2. The lowest BCUT2D eigenvalue weighted by molar-refractivity contribution is -0.217. The molecule has 2 aliphatic carbocycles. The highest BCUT2D eigenvalue weighted by Gasteiger charge is 2.73. The van der Waals surface area contributed by atoms with E-state index in [-0.39, 0.29) is 12.5 Å². The molecule has 2 rings (SSSR count). The molecule has 0 amide bonds. The fraction of sp³-hybridized carbons (Fsp3) is 0.933. The van der Waals surface area contributed by atoms with Gasteiger partial charge in [0, 0.05) is 12.0 Å². The van der Waals surface area contributed by atoms with Crippen LogP contribution < -0.4 is 0 Å². The molecule has 2 bridgehead atoms. The van der Waals surface area contributed by atoms with Crippen molar-refractivity contribution in [2.24, 2.45) is 16.7 Å². The van der Waals surface area contributed by atoms with Gasteiger partial charge in [-0.15, -0.1) is 0 Å². The largest absolute Gasteiger partial charge is 0.462 e. The zero-order valence-corrected chi connectivity index (χ0v) is 15.0. The molecule has 0 spiro atoms. The third-order valence-corrected chi connectivity index (χ3v) is 6.60. The maximum Gasteiger partial charge on any atom is 0.451 e. The molecule has 0 aromatic carbocycles. The Morgan fingerprint density at radius 2 is 1.88 bits per heavy atom. The molecule has 0 aliphatic heterocycles. The molecule has 2 aliphatic rings. The fourth-order valence-electron chi connectivity index (χ4n) is 4.60. The van der Waals surface area contributed by atoms with Gasteiger partial charge in [0.15, 0.2) is 0 Å². The first-order valence-electron chi connectivity index (χ1n) is 8.19. The molecule has 0 saturated heterocycles. The Morgan fingerprint density at radius 3 is 2.38 bits per heavy atom. The number of esters is 1. The Labute approximate surface area is 148 Å². The van der Waals surface area contributed by atoms with E-state index in [0.29, 0.717) is 12.8 Å². The molecule has 0 radical (unpaired) electrons. The van der Waals surface area contributed by atoms with E-state index in [1.54, 1.807) is 6.92 Å². The van der Waals surface area contributed by atoms with Crippen LogP contribution in [0.1, 0.15) is 45.4 Å². The van der Waals surface area contributed by atoms with Gasteiger partial charge in [-0.1, -0.05) is 19.8 Å². The molecule has 2 saturated carbocycles. The summed E-state index contributed by atoms with van der Waals surface area (Å²) in [5.74, 6) is -2.52. The van der Waals surface area contributed by atoms with Crippen LogP contribution >= 0.6 is 0 Å². The summed E-state index contributed by atoms with van der Waals surface area (Å²) in [6, 6.07) is 0. The topological polar surface area (TPSA) is 101 Å². The van der Waals surface area contributed by atoms with Crippen molar-refractivity contribution in [3.8, 4) is 0 Å². The van der Waals surface area contributed by atoms with Crippen LogP contribution in [-0.2, 0) is 19.6 Å². The first-order chi connectivity index (χ1) is 11.7. The molecule has 11 heteroatoms. The van der Waals surface area contributed by atoms with E-state index in [1.165, 1.54) is 0 Å². The number of fused-ring (bicyclic) bond motifs is 2. The summed E-state index contributed by atoms with van der Waals surface area (Å²) < 4.78 is 87.0. The number of halogens is 4. The second-order valence-electron chi connectivity index (χ2n) is 7.96. The summed E-state index contributed by atoms with van der Waals surface area (Å²) in [7, 11) is -6.43. The zero-order chi connectivity index (χ0) is 20.0. The number of aliphatic hydroxyl groups is 1. The average molecular weight is 406 g/mol. The summed E-state index contributed by atoms with van der Waals surface area (Å²) in [6.07, 6.45) is -2.07. The minimum absolute atomic E-state index is 0.117. The number of rotatable bonds is 5. The van der Waals surface area contributed by atoms with Crippen molar-refractivity contribution in [2.75, 3.05) is 13.2 Å². The number of hydrogen-bond donors (Lipinski definition) is 2. The van der Waals surface area contributed by atoms with Gasteiger partial charge in [-0.05, 0) is 37.0 Å². The predicted molar refractivity (Wildman–Crippen MR) is 81.2 cm³/mol. The first kappa shape index (κ1) is 21.4. The minimum Gasteiger partial charge on any atom is -0.462 e. The fourth-order valence-corrected chi connectivity index (χ4v) is 5.16. The second-order valence-corrected chi connectivity index (χ2v) is 9.47. The monoisotopic (exact) mass is 406 g/mol. The van der Waals surface area contributed by atoms with E-state index in [4.69, 9.17) is 4.55 Å². The highest BCUT2D eigenvalue weighted by Crippen LogP contribution is 2.55. The predicted octanol–water partition coefficient (Wildman–Crippen LogP) is 2.61. The second kappa shape index (κ2) is 6.59. The normalized spacial score (nSPS) is 34.8. The van der Waals surface area contributed by atoms with E-state index >= 15 is 0 Å². The van der Waals surface area contributed by atoms with Crippen LogP contribution in [0.15, 0.2) is 0 Å². The molecule has 0 aromatic heterocycles. The lowest BCUT2D eigenvalue weighted by Gasteiger charge is -2.52. The molecule has 0 aromatic rings. The molecular weight excluding hydrogens is 384 g/mol. The molecule has 4 atom stereocenters. The maximum atomic E-state index is 14.0. The molecule has 152 valence electrons. The molecule has 4 unspecified atom stereocenters. The molecule has 2 N–H and O–H groups in total. The third-order valence-electron chi connectivity index (χ3n) is 5.49. The van der Waals surface area contributed by atoms with Crippen molar-refractivity contribution in [3.05, 3.63) is 0 Å². The number of aliphatic hydroxyl groups excluding tert-OH is 1. The van der Waals surface area contributed by atoms with E-state index in [9.17, 15) is 35.9 Å². The van der Waals surface area contributed by atoms with Crippen molar-refractivity contribution >= 4 is 16.1 Å². The quantitative estimate of drug-likeness (QED) is 0.414. The summed E-state index contributed by atoms with van der Waals surface area (Å²) in [6.45, 7) is 0.887. The van der Waals surface area contributed by atoms with Gasteiger partial charge >= 0.3 is 27.3 Å².